The molecule has 0 bridgehead atoms. The Balaban J connectivity index is 2.76. The van der Waals surface area contributed by atoms with Crippen molar-refractivity contribution in [2.24, 2.45) is 5.73 Å². The molecular formula is C6H5F5N2OS. The summed E-state index contributed by atoms with van der Waals surface area (Å²) < 4.78 is 61.0. The third-order valence-corrected chi connectivity index (χ3v) is 2.80. The van der Waals surface area contributed by atoms with Gasteiger partial charge in [-0.05, 0) is 0 Å². The fourth-order valence-electron chi connectivity index (χ4n) is 0.803. The molecule has 0 aromatic rings. The van der Waals surface area contributed by atoms with E-state index < -0.39 is 23.4 Å². The van der Waals surface area contributed by atoms with Crippen molar-refractivity contribution in [1.82, 2.24) is 5.32 Å². The summed E-state index contributed by atoms with van der Waals surface area (Å²) in [6.07, 6.45) is -4.92. The van der Waals surface area contributed by atoms with Crippen LogP contribution in [0.15, 0.2) is 11.1 Å². The molecule has 1 aliphatic rings. The minimum Gasteiger partial charge on any atom is -0.373 e. The molecule has 3 nitrogen and oxygen atoms in total. The lowest BCUT2D eigenvalue weighted by molar-refractivity contribution is -0.282. The molecule has 0 saturated heterocycles. The van der Waals surface area contributed by atoms with Gasteiger partial charge in [-0.25, -0.2) is 0 Å². The molecule has 0 fully saturated rings. The SMILES string of the molecule is NC(=O)C1=CNC(C(F)(F)C(F)(F)F)S1. The lowest BCUT2D eigenvalue weighted by Gasteiger charge is -2.25. The third-order valence-electron chi connectivity index (χ3n) is 1.56. The molecule has 1 heterocycles. The summed E-state index contributed by atoms with van der Waals surface area (Å²) in [6.45, 7) is 0. The van der Waals surface area contributed by atoms with Crippen LogP contribution in [0.3, 0.4) is 0 Å². The lowest BCUT2D eigenvalue weighted by atomic mass is 10.3. The molecule has 0 aromatic heterocycles. The molecule has 0 aromatic carbocycles. The molecule has 86 valence electrons. The smallest absolute Gasteiger partial charge is 0.373 e. The molecule has 1 aliphatic heterocycles. The van der Waals surface area contributed by atoms with E-state index in [1.165, 1.54) is 0 Å². The van der Waals surface area contributed by atoms with Gasteiger partial charge in [0.1, 0.15) is 0 Å². The zero-order valence-electron chi connectivity index (χ0n) is 6.94. The molecule has 1 atom stereocenters. The summed E-state index contributed by atoms with van der Waals surface area (Å²) in [7, 11) is 0. The van der Waals surface area contributed by atoms with E-state index in [1.54, 1.807) is 5.32 Å². The van der Waals surface area contributed by atoms with Gasteiger partial charge in [0.25, 0.3) is 5.91 Å². The fourth-order valence-corrected chi connectivity index (χ4v) is 1.73. The van der Waals surface area contributed by atoms with Crippen LogP contribution >= 0.6 is 11.8 Å². The average molecular weight is 248 g/mol. The number of carbonyl (C=O) groups is 1. The summed E-state index contributed by atoms with van der Waals surface area (Å²) in [5, 5.41) is -0.485. The molecule has 9 heteroatoms. The Hall–Kier alpha value is -0.990. The quantitative estimate of drug-likeness (QED) is 0.721. The van der Waals surface area contributed by atoms with Crippen LogP contribution in [0, 0.1) is 0 Å². The largest absolute Gasteiger partial charge is 0.456 e. The van der Waals surface area contributed by atoms with Gasteiger partial charge in [0, 0.05) is 6.20 Å². The predicted molar refractivity (Wildman–Crippen MR) is 42.8 cm³/mol. The van der Waals surface area contributed by atoms with Gasteiger partial charge in [-0.3, -0.25) is 4.79 Å². The zero-order chi connectivity index (χ0) is 11.9. The Morgan fingerprint density at radius 1 is 1.40 bits per heavy atom. The first-order valence-corrected chi connectivity index (χ1v) is 4.41. The summed E-state index contributed by atoms with van der Waals surface area (Å²) >= 11 is 0.0580. The van der Waals surface area contributed by atoms with Gasteiger partial charge in [0.15, 0.2) is 5.37 Å². The molecule has 3 N–H and O–H groups in total. The molecule has 1 rings (SSSR count). The van der Waals surface area contributed by atoms with E-state index in [4.69, 9.17) is 5.73 Å². The van der Waals surface area contributed by atoms with Gasteiger partial charge in [0.2, 0.25) is 0 Å². The molecule has 1 unspecified atom stereocenters. The molecule has 0 spiro atoms. The zero-order valence-corrected chi connectivity index (χ0v) is 7.75. The highest BCUT2D eigenvalue weighted by atomic mass is 32.2. The number of amides is 1. The highest BCUT2D eigenvalue weighted by Gasteiger charge is 2.63. The molecule has 0 saturated carbocycles. The number of nitrogens with two attached hydrogens (primary N) is 1. The highest BCUT2D eigenvalue weighted by molar-refractivity contribution is 8.04. The van der Waals surface area contributed by atoms with Crippen LogP contribution in [-0.2, 0) is 4.79 Å². The Morgan fingerprint density at radius 3 is 2.27 bits per heavy atom. The van der Waals surface area contributed by atoms with Crippen molar-refractivity contribution in [2.45, 2.75) is 17.5 Å². The second-order valence-electron chi connectivity index (χ2n) is 2.66. The second kappa shape index (κ2) is 3.54. The standard InChI is InChI=1S/C6H5F5N2OS/c7-5(8,6(9,10)11)4-13-1-2(15-4)3(12)14/h1,4,13H,(H2,12,14). The third kappa shape index (κ3) is 2.16. The number of thioether (sulfide) groups is 1. The first-order valence-electron chi connectivity index (χ1n) is 3.53. The van der Waals surface area contributed by atoms with Crippen molar-refractivity contribution < 1.29 is 26.7 Å². The molecule has 1 amide bonds. The van der Waals surface area contributed by atoms with Crippen molar-refractivity contribution in [2.75, 3.05) is 0 Å². The fraction of sp³-hybridized carbons (Fsp3) is 0.500. The van der Waals surface area contributed by atoms with E-state index in [1.807, 2.05) is 0 Å². The number of hydrogen-bond donors (Lipinski definition) is 2. The van der Waals surface area contributed by atoms with Crippen LogP contribution in [0.5, 0.6) is 0 Å². The second-order valence-corrected chi connectivity index (χ2v) is 3.81. The van der Waals surface area contributed by atoms with E-state index in [9.17, 15) is 26.7 Å². The summed E-state index contributed by atoms with van der Waals surface area (Å²) in [4.78, 5) is 10.1. The minimum absolute atomic E-state index is 0.0580. The van der Waals surface area contributed by atoms with Gasteiger partial charge in [-0.2, -0.15) is 22.0 Å². The summed E-state index contributed by atoms with van der Waals surface area (Å²) in [5.74, 6) is -5.97. The highest BCUT2D eigenvalue weighted by Crippen LogP contribution is 2.45. The number of rotatable bonds is 2. The number of primary amides is 1. The molecular weight excluding hydrogens is 243 g/mol. The van der Waals surface area contributed by atoms with E-state index in [-0.39, 0.29) is 16.7 Å². The number of nitrogens with one attached hydrogen (secondary N) is 1. The van der Waals surface area contributed by atoms with Crippen LogP contribution in [-0.4, -0.2) is 23.4 Å². The van der Waals surface area contributed by atoms with Crippen molar-refractivity contribution in [3.8, 4) is 0 Å². The van der Waals surface area contributed by atoms with Crippen LogP contribution in [0.4, 0.5) is 22.0 Å². The van der Waals surface area contributed by atoms with Crippen molar-refractivity contribution in [1.29, 1.82) is 0 Å². The Labute approximate surface area is 84.9 Å². The van der Waals surface area contributed by atoms with E-state index in [0.29, 0.717) is 0 Å². The van der Waals surface area contributed by atoms with Gasteiger partial charge < -0.3 is 11.1 Å². The maximum atomic E-state index is 12.7. The Bertz CT molecular complexity index is 313. The monoisotopic (exact) mass is 248 g/mol. The van der Waals surface area contributed by atoms with Gasteiger partial charge in [-0.15, -0.1) is 0 Å². The average Bonchev–Trinajstić information content (AvgIpc) is 2.49. The maximum Gasteiger partial charge on any atom is 0.456 e. The van der Waals surface area contributed by atoms with Gasteiger partial charge in [-0.1, -0.05) is 11.8 Å². The van der Waals surface area contributed by atoms with Crippen molar-refractivity contribution in [3.63, 3.8) is 0 Å². The van der Waals surface area contributed by atoms with Crippen LogP contribution in [0.25, 0.3) is 0 Å². The maximum absolute atomic E-state index is 12.7. The number of carbonyl (C=O) groups excluding carboxylic acids is 1. The van der Waals surface area contributed by atoms with E-state index >= 15 is 0 Å². The van der Waals surface area contributed by atoms with Gasteiger partial charge in [0.05, 0.1) is 4.91 Å². The minimum atomic E-state index is -5.67. The molecule has 15 heavy (non-hydrogen) atoms. The first-order chi connectivity index (χ1) is 6.66. The van der Waals surface area contributed by atoms with Crippen LogP contribution in [0.2, 0.25) is 0 Å². The van der Waals surface area contributed by atoms with Gasteiger partial charge >= 0.3 is 12.1 Å². The molecule has 0 aliphatic carbocycles. The lowest BCUT2D eigenvalue weighted by Crippen LogP contribution is -2.49. The Morgan fingerprint density at radius 2 is 1.93 bits per heavy atom. The predicted octanol–water partition coefficient (Wildman–Crippen LogP) is 1.17. The van der Waals surface area contributed by atoms with Crippen LogP contribution < -0.4 is 11.1 Å². The number of hydrogen-bond acceptors (Lipinski definition) is 3. The first kappa shape index (κ1) is 12.1. The van der Waals surface area contributed by atoms with E-state index in [0.717, 1.165) is 6.20 Å². The van der Waals surface area contributed by atoms with E-state index in [2.05, 4.69) is 0 Å². The summed E-state index contributed by atoms with van der Waals surface area (Å²) in [6, 6.07) is 0. The van der Waals surface area contributed by atoms with Crippen molar-refractivity contribution in [3.05, 3.63) is 11.1 Å². The molecule has 0 radical (unpaired) electrons. The Kier molecular flexibility index (Phi) is 2.85. The summed E-state index contributed by atoms with van der Waals surface area (Å²) in [5.41, 5.74) is 4.72. The van der Waals surface area contributed by atoms with Crippen molar-refractivity contribution >= 4 is 17.7 Å². The van der Waals surface area contributed by atoms with Crippen LogP contribution in [0.1, 0.15) is 0 Å². The number of halogens is 5. The number of alkyl halides is 5. The normalized spacial score (nSPS) is 22.2. The topological polar surface area (TPSA) is 55.1 Å².